The van der Waals surface area contributed by atoms with Crippen molar-refractivity contribution in [3.05, 3.63) is 64.0 Å². The van der Waals surface area contributed by atoms with Crippen molar-refractivity contribution in [3.63, 3.8) is 0 Å². The lowest BCUT2D eigenvalue weighted by Gasteiger charge is -2.20. The van der Waals surface area contributed by atoms with E-state index in [1.807, 2.05) is 0 Å². The first-order valence-electron chi connectivity index (χ1n) is 7.39. The maximum atomic E-state index is 12.3. The van der Waals surface area contributed by atoms with Crippen LogP contribution < -0.4 is 0 Å². The molecule has 2 aliphatic rings. The zero-order chi connectivity index (χ0) is 18.3. The molecule has 0 spiro atoms. The molecule has 1 amide bonds. The maximum absolute atomic E-state index is 12.3. The van der Waals surface area contributed by atoms with Crippen LogP contribution in [0.25, 0.3) is 11.8 Å². The molecule has 4 rings (SSSR count). The van der Waals surface area contributed by atoms with Gasteiger partial charge in [0.05, 0.1) is 21.7 Å². The van der Waals surface area contributed by atoms with Crippen molar-refractivity contribution in [2.24, 2.45) is 10.1 Å². The monoisotopic (exact) mass is 366 g/mol. The Morgan fingerprint density at radius 3 is 2.92 bits per heavy atom. The third-order valence-electron chi connectivity index (χ3n) is 3.79. The lowest BCUT2D eigenvalue weighted by Crippen LogP contribution is -2.35. The summed E-state index contributed by atoms with van der Waals surface area (Å²) in [7, 11) is 0. The van der Waals surface area contributed by atoms with Crippen molar-refractivity contribution in [3.8, 4) is 5.69 Å². The Bertz CT molecular complexity index is 1050. The predicted octanol–water partition coefficient (Wildman–Crippen LogP) is 2.63. The first-order valence-corrected chi connectivity index (χ1v) is 8.27. The van der Waals surface area contributed by atoms with Gasteiger partial charge in [0.15, 0.2) is 11.0 Å². The van der Waals surface area contributed by atoms with Crippen LogP contribution in [0.2, 0.25) is 0 Å². The van der Waals surface area contributed by atoms with E-state index in [9.17, 15) is 14.9 Å². The lowest BCUT2D eigenvalue weighted by atomic mass is 10.1. The van der Waals surface area contributed by atoms with Crippen LogP contribution in [-0.2, 0) is 4.79 Å². The van der Waals surface area contributed by atoms with E-state index in [0.717, 1.165) is 0 Å². The van der Waals surface area contributed by atoms with Gasteiger partial charge in [-0.3, -0.25) is 20.3 Å². The summed E-state index contributed by atoms with van der Waals surface area (Å²) < 4.78 is 1.70. The third-order valence-corrected chi connectivity index (χ3v) is 4.46. The van der Waals surface area contributed by atoms with Gasteiger partial charge >= 0.3 is 0 Å². The van der Waals surface area contributed by atoms with Crippen molar-refractivity contribution in [2.75, 3.05) is 0 Å². The van der Waals surface area contributed by atoms with E-state index in [0.29, 0.717) is 16.5 Å². The second-order valence-electron chi connectivity index (χ2n) is 5.34. The number of nitro groups is 1. The molecule has 0 fully saturated rings. The summed E-state index contributed by atoms with van der Waals surface area (Å²) in [6.07, 6.45) is 3.25. The van der Waals surface area contributed by atoms with E-state index in [-0.39, 0.29) is 17.1 Å². The highest BCUT2D eigenvalue weighted by molar-refractivity contribution is 8.25. The third kappa shape index (κ3) is 2.62. The Hall–Kier alpha value is -3.53. The summed E-state index contributed by atoms with van der Waals surface area (Å²) in [6.45, 7) is 0. The summed E-state index contributed by atoms with van der Waals surface area (Å²) in [5.74, 6) is -0.584. The van der Waals surface area contributed by atoms with Crippen LogP contribution >= 0.6 is 11.8 Å². The number of rotatable bonds is 3. The number of aliphatic imine (C=N–C) groups is 1. The molecule has 3 heterocycles. The van der Waals surface area contributed by atoms with E-state index in [1.54, 1.807) is 35.0 Å². The van der Waals surface area contributed by atoms with Crippen LogP contribution in [0.15, 0.2) is 58.3 Å². The summed E-state index contributed by atoms with van der Waals surface area (Å²) in [6, 6.07) is 9.65. The second-order valence-corrected chi connectivity index (χ2v) is 6.15. The molecule has 0 unspecified atom stereocenters. The molecule has 1 aromatic heterocycles. The largest absolute Gasteiger partial charge is 0.317 e. The number of hydrazone groups is 1. The molecule has 0 radical (unpaired) electrons. The van der Waals surface area contributed by atoms with Crippen LogP contribution in [0.4, 0.5) is 5.69 Å². The normalized spacial score (nSPS) is 17.6. The number of benzene rings is 1. The van der Waals surface area contributed by atoms with Crippen molar-refractivity contribution < 1.29 is 9.72 Å². The number of fused-ring (bicyclic) bond motifs is 1. The first kappa shape index (κ1) is 16.0. The molecular formula is C16H10N6O3S. The zero-order valence-electron chi connectivity index (χ0n) is 13.1. The fraction of sp³-hybridized carbons (Fsp3) is 0. The van der Waals surface area contributed by atoms with Crippen molar-refractivity contribution in [1.82, 2.24) is 9.58 Å². The van der Waals surface area contributed by atoms with E-state index >= 15 is 0 Å². The van der Waals surface area contributed by atoms with Crippen molar-refractivity contribution in [1.29, 1.82) is 5.41 Å². The molecule has 0 saturated carbocycles. The van der Waals surface area contributed by atoms with Crippen LogP contribution in [0.5, 0.6) is 0 Å². The maximum Gasteiger partial charge on any atom is 0.283 e. The van der Waals surface area contributed by atoms with Gasteiger partial charge in [-0.1, -0.05) is 6.07 Å². The molecule has 0 aliphatic carbocycles. The number of amidine groups is 2. The molecule has 26 heavy (non-hydrogen) atoms. The van der Waals surface area contributed by atoms with Crippen LogP contribution in [0.3, 0.4) is 0 Å². The zero-order valence-corrected chi connectivity index (χ0v) is 13.9. The van der Waals surface area contributed by atoms with E-state index in [1.165, 1.54) is 40.5 Å². The van der Waals surface area contributed by atoms with Crippen molar-refractivity contribution >= 4 is 46.0 Å². The molecule has 2 aliphatic heterocycles. The van der Waals surface area contributed by atoms with Gasteiger partial charge < -0.3 is 4.57 Å². The minimum atomic E-state index is -0.522. The minimum Gasteiger partial charge on any atom is -0.317 e. The Kier molecular flexibility index (Phi) is 3.73. The quantitative estimate of drug-likeness (QED) is 0.509. The van der Waals surface area contributed by atoms with E-state index in [4.69, 9.17) is 5.41 Å². The highest BCUT2D eigenvalue weighted by atomic mass is 32.2. The number of thioether (sulfide) groups is 1. The van der Waals surface area contributed by atoms with Crippen LogP contribution in [0.1, 0.15) is 5.69 Å². The Morgan fingerprint density at radius 1 is 1.27 bits per heavy atom. The highest BCUT2D eigenvalue weighted by Crippen LogP contribution is 2.26. The van der Waals surface area contributed by atoms with Gasteiger partial charge in [0, 0.05) is 24.0 Å². The van der Waals surface area contributed by atoms with Crippen LogP contribution in [-0.4, -0.2) is 37.0 Å². The van der Waals surface area contributed by atoms with E-state index < -0.39 is 10.8 Å². The van der Waals surface area contributed by atoms with Crippen molar-refractivity contribution in [2.45, 2.75) is 0 Å². The van der Waals surface area contributed by atoms with Gasteiger partial charge in [-0.2, -0.15) is 15.1 Å². The molecule has 0 saturated heterocycles. The Morgan fingerprint density at radius 2 is 2.12 bits per heavy atom. The number of nitro benzene ring substituents is 1. The SMILES string of the molecule is N=C1/C(=C/c2cccn2-c2cccc([N+](=O)[O-])c2)C(=O)N=C2SC=NN12. The predicted molar refractivity (Wildman–Crippen MR) is 98.5 cm³/mol. The number of nitrogens with one attached hydrogen (secondary N) is 1. The van der Waals surface area contributed by atoms with Gasteiger partial charge in [-0.15, -0.1) is 0 Å². The number of hydrogen-bond donors (Lipinski definition) is 1. The second kappa shape index (κ2) is 6.08. The number of non-ortho nitro benzene ring substituents is 1. The topological polar surface area (TPSA) is 117 Å². The smallest absolute Gasteiger partial charge is 0.283 e. The molecule has 1 N–H and O–H groups in total. The number of carbonyl (C=O) groups excluding carboxylic acids is 1. The van der Waals surface area contributed by atoms with E-state index in [2.05, 4.69) is 10.1 Å². The highest BCUT2D eigenvalue weighted by Gasteiger charge is 2.32. The van der Waals surface area contributed by atoms with Crippen LogP contribution in [0, 0.1) is 15.5 Å². The van der Waals surface area contributed by atoms with Gasteiger partial charge in [-0.05, 0) is 36.0 Å². The lowest BCUT2D eigenvalue weighted by molar-refractivity contribution is -0.384. The first-order chi connectivity index (χ1) is 12.5. The molecular weight excluding hydrogens is 356 g/mol. The minimum absolute atomic E-state index is 0.0334. The molecule has 128 valence electrons. The summed E-state index contributed by atoms with van der Waals surface area (Å²) in [4.78, 5) is 26.7. The molecule has 10 heteroatoms. The number of nitrogens with zero attached hydrogens (tertiary/aromatic N) is 5. The Balaban J connectivity index is 1.76. The van der Waals surface area contributed by atoms with Gasteiger partial charge in [0.2, 0.25) is 0 Å². The number of aromatic nitrogens is 1. The standard InChI is InChI=1S/C16H10N6O3S/c17-14-13(15(23)19-16-21(14)18-9-26-16)8-11-5-2-6-20(11)10-3-1-4-12(7-10)22(24)25/h1-9,17H/b13-8-,17-14?. The molecule has 0 atom stereocenters. The number of hydrogen-bond acceptors (Lipinski definition) is 6. The van der Waals surface area contributed by atoms with Gasteiger partial charge in [-0.25, -0.2) is 0 Å². The molecule has 0 bridgehead atoms. The molecule has 2 aromatic rings. The summed E-state index contributed by atoms with van der Waals surface area (Å²) in [5, 5.41) is 24.8. The molecule has 1 aromatic carbocycles. The average Bonchev–Trinajstić information content (AvgIpc) is 3.27. The number of carbonyl (C=O) groups is 1. The fourth-order valence-electron chi connectivity index (χ4n) is 2.59. The average molecular weight is 366 g/mol. The Labute approximate surface area is 151 Å². The summed E-state index contributed by atoms with van der Waals surface area (Å²) in [5.41, 5.74) is 2.74. The van der Waals surface area contributed by atoms with Gasteiger partial charge in [0.25, 0.3) is 11.6 Å². The molecule has 9 nitrogen and oxygen atoms in total. The number of amides is 1. The fourth-order valence-corrected chi connectivity index (χ4v) is 3.20. The summed E-state index contributed by atoms with van der Waals surface area (Å²) >= 11 is 1.17. The van der Waals surface area contributed by atoms with Gasteiger partial charge in [0.1, 0.15) is 0 Å².